The number of rotatable bonds is 7. The lowest BCUT2D eigenvalue weighted by Crippen LogP contribution is -2.23. The summed E-state index contributed by atoms with van der Waals surface area (Å²) in [5.74, 6) is -0.223. The molecule has 0 fully saturated rings. The summed E-state index contributed by atoms with van der Waals surface area (Å²) in [5.41, 5.74) is 4.86. The van der Waals surface area contributed by atoms with Crippen LogP contribution in [0.25, 0.3) is 11.1 Å². The van der Waals surface area contributed by atoms with Crippen LogP contribution in [-0.4, -0.2) is 20.9 Å². The Morgan fingerprint density at radius 3 is 2.34 bits per heavy atom. The molecule has 5 nitrogen and oxygen atoms in total. The molecule has 1 amide bonds. The van der Waals surface area contributed by atoms with Crippen molar-refractivity contribution < 1.29 is 4.79 Å². The standard InChI is InChI=1S/C24H22N4O/c29-24(23-18-28(27-26-23)16-15-19-9-3-1-4-10-19)25-17-21-13-7-8-14-22(21)20-11-5-2-6-12-20/h1-14,18H,15-17H2,(H,25,29). The number of aromatic nitrogens is 3. The number of benzene rings is 3. The van der Waals surface area contributed by atoms with Gasteiger partial charge >= 0.3 is 0 Å². The summed E-state index contributed by atoms with van der Waals surface area (Å²) in [6, 6.07) is 28.4. The average Bonchev–Trinajstić information content (AvgIpc) is 3.27. The quantitative estimate of drug-likeness (QED) is 0.523. The van der Waals surface area contributed by atoms with Crippen LogP contribution in [0.5, 0.6) is 0 Å². The predicted octanol–water partition coefficient (Wildman–Crippen LogP) is 4.12. The van der Waals surface area contributed by atoms with E-state index in [4.69, 9.17) is 0 Å². The molecule has 0 aliphatic carbocycles. The van der Waals surface area contributed by atoms with E-state index in [1.807, 2.05) is 54.6 Å². The predicted molar refractivity (Wildman–Crippen MR) is 113 cm³/mol. The Labute approximate surface area is 170 Å². The summed E-state index contributed by atoms with van der Waals surface area (Å²) in [7, 11) is 0. The molecule has 5 heteroatoms. The normalized spacial score (nSPS) is 10.6. The van der Waals surface area contributed by atoms with E-state index in [-0.39, 0.29) is 5.91 Å². The van der Waals surface area contributed by atoms with Crippen molar-refractivity contribution in [3.05, 3.63) is 108 Å². The van der Waals surface area contributed by atoms with Crippen molar-refractivity contribution >= 4 is 5.91 Å². The molecular weight excluding hydrogens is 360 g/mol. The fourth-order valence-electron chi connectivity index (χ4n) is 3.24. The van der Waals surface area contributed by atoms with Crippen molar-refractivity contribution in [2.75, 3.05) is 0 Å². The van der Waals surface area contributed by atoms with E-state index >= 15 is 0 Å². The summed E-state index contributed by atoms with van der Waals surface area (Å²) >= 11 is 0. The summed E-state index contributed by atoms with van der Waals surface area (Å²) < 4.78 is 1.71. The Morgan fingerprint density at radius 1 is 0.862 bits per heavy atom. The van der Waals surface area contributed by atoms with Crippen LogP contribution in [0.2, 0.25) is 0 Å². The highest BCUT2D eigenvalue weighted by molar-refractivity contribution is 5.91. The van der Waals surface area contributed by atoms with Crippen LogP contribution in [0.15, 0.2) is 91.1 Å². The average molecular weight is 382 g/mol. The number of carbonyl (C=O) groups is 1. The lowest BCUT2D eigenvalue weighted by atomic mass is 10.00. The van der Waals surface area contributed by atoms with Gasteiger partial charge in [0.15, 0.2) is 5.69 Å². The van der Waals surface area contributed by atoms with Gasteiger partial charge in [-0.1, -0.05) is 90.1 Å². The first-order valence-electron chi connectivity index (χ1n) is 9.65. The molecule has 0 spiro atoms. The second-order valence-corrected chi connectivity index (χ2v) is 6.81. The van der Waals surface area contributed by atoms with Crippen LogP contribution in [0.3, 0.4) is 0 Å². The van der Waals surface area contributed by atoms with Crippen molar-refractivity contribution in [3.8, 4) is 11.1 Å². The third kappa shape index (κ3) is 4.76. The monoisotopic (exact) mass is 382 g/mol. The van der Waals surface area contributed by atoms with Gasteiger partial charge in [-0.15, -0.1) is 5.10 Å². The van der Waals surface area contributed by atoms with Crippen LogP contribution in [-0.2, 0) is 19.5 Å². The molecule has 0 saturated carbocycles. The summed E-state index contributed by atoms with van der Waals surface area (Å²) in [4.78, 5) is 12.5. The molecule has 1 N–H and O–H groups in total. The Hall–Kier alpha value is -3.73. The molecule has 4 aromatic rings. The molecule has 0 radical (unpaired) electrons. The van der Waals surface area contributed by atoms with Crippen LogP contribution in [0.1, 0.15) is 21.6 Å². The molecule has 1 heterocycles. The largest absolute Gasteiger partial charge is 0.346 e. The highest BCUT2D eigenvalue weighted by Gasteiger charge is 2.12. The van der Waals surface area contributed by atoms with Crippen LogP contribution < -0.4 is 5.32 Å². The Morgan fingerprint density at radius 2 is 1.55 bits per heavy atom. The highest BCUT2D eigenvalue weighted by Crippen LogP contribution is 2.23. The van der Waals surface area contributed by atoms with Gasteiger partial charge in [-0.3, -0.25) is 9.48 Å². The smallest absolute Gasteiger partial charge is 0.273 e. The van der Waals surface area contributed by atoms with E-state index in [9.17, 15) is 4.79 Å². The van der Waals surface area contributed by atoms with Gasteiger partial charge in [0.05, 0.1) is 6.20 Å². The number of nitrogens with zero attached hydrogens (tertiary/aromatic N) is 3. The topological polar surface area (TPSA) is 59.8 Å². The van der Waals surface area contributed by atoms with Crippen LogP contribution in [0.4, 0.5) is 0 Å². The third-order valence-electron chi connectivity index (χ3n) is 4.79. The maximum Gasteiger partial charge on any atom is 0.273 e. The molecule has 3 aromatic carbocycles. The van der Waals surface area contributed by atoms with E-state index in [2.05, 4.69) is 46.0 Å². The summed E-state index contributed by atoms with van der Waals surface area (Å²) in [6.07, 6.45) is 2.54. The molecule has 4 rings (SSSR count). The molecule has 0 atom stereocenters. The number of amides is 1. The SMILES string of the molecule is O=C(NCc1ccccc1-c1ccccc1)c1cn(CCc2ccccc2)nn1. The molecule has 29 heavy (non-hydrogen) atoms. The number of hydrogen-bond donors (Lipinski definition) is 1. The van der Waals surface area contributed by atoms with Gasteiger partial charge in [-0.2, -0.15) is 0 Å². The molecule has 0 unspecified atom stereocenters. The van der Waals surface area contributed by atoms with Gasteiger partial charge in [0.2, 0.25) is 0 Å². The lowest BCUT2D eigenvalue weighted by Gasteiger charge is -2.10. The maximum absolute atomic E-state index is 12.5. The number of nitrogens with one attached hydrogen (secondary N) is 1. The van der Waals surface area contributed by atoms with Crippen LogP contribution in [0, 0.1) is 0 Å². The molecule has 144 valence electrons. The summed E-state index contributed by atoms with van der Waals surface area (Å²) in [6.45, 7) is 1.11. The molecule has 0 saturated heterocycles. The van der Waals surface area contributed by atoms with E-state index in [1.165, 1.54) is 5.56 Å². The molecule has 0 bridgehead atoms. The third-order valence-corrected chi connectivity index (χ3v) is 4.79. The summed E-state index contributed by atoms with van der Waals surface area (Å²) in [5, 5.41) is 11.1. The van der Waals surface area contributed by atoms with Gasteiger partial charge < -0.3 is 5.32 Å². The Balaban J connectivity index is 1.38. The zero-order valence-corrected chi connectivity index (χ0v) is 16.0. The van der Waals surface area contributed by atoms with Crippen LogP contribution >= 0.6 is 0 Å². The number of carbonyl (C=O) groups excluding carboxylic acids is 1. The van der Waals surface area contributed by atoms with Gasteiger partial charge in [0, 0.05) is 13.1 Å². The van der Waals surface area contributed by atoms with Crippen molar-refractivity contribution in [1.82, 2.24) is 20.3 Å². The first-order valence-corrected chi connectivity index (χ1v) is 9.65. The van der Waals surface area contributed by atoms with Crippen molar-refractivity contribution in [3.63, 3.8) is 0 Å². The molecular formula is C24H22N4O. The van der Waals surface area contributed by atoms with Crippen molar-refractivity contribution in [1.29, 1.82) is 0 Å². The molecule has 0 aliphatic heterocycles. The second kappa shape index (κ2) is 8.97. The highest BCUT2D eigenvalue weighted by atomic mass is 16.2. The second-order valence-electron chi connectivity index (χ2n) is 6.81. The molecule has 1 aromatic heterocycles. The lowest BCUT2D eigenvalue weighted by molar-refractivity contribution is 0.0946. The first-order chi connectivity index (χ1) is 14.3. The van der Waals surface area contributed by atoms with Gasteiger partial charge in [0.25, 0.3) is 5.91 Å². The zero-order valence-electron chi connectivity index (χ0n) is 16.0. The van der Waals surface area contributed by atoms with E-state index < -0.39 is 0 Å². The minimum Gasteiger partial charge on any atom is -0.346 e. The number of aryl methyl sites for hydroxylation is 2. The van der Waals surface area contributed by atoms with E-state index in [0.29, 0.717) is 18.8 Å². The van der Waals surface area contributed by atoms with Crippen molar-refractivity contribution in [2.45, 2.75) is 19.5 Å². The Kier molecular flexibility index (Phi) is 5.76. The zero-order chi connectivity index (χ0) is 19.9. The minimum atomic E-state index is -0.223. The first kappa shape index (κ1) is 18.6. The Bertz CT molecular complexity index is 1070. The van der Waals surface area contributed by atoms with Gasteiger partial charge in [0.1, 0.15) is 0 Å². The molecule has 0 aliphatic rings. The van der Waals surface area contributed by atoms with E-state index in [0.717, 1.165) is 23.1 Å². The van der Waals surface area contributed by atoms with E-state index in [1.54, 1.807) is 10.9 Å². The van der Waals surface area contributed by atoms with Crippen molar-refractivity contribution in [2.24, 2.45) is 0 Å². The minimum absolute atomic E-state index is 0.223. The maximum atomic E-state index is 12.5. The number of hydrogen-bond acceptors (Lipinski definition) is 3. The van der Waals surface area contributed by atoms with Gasteiger partial charge in [-0.05, 0) is 28.7 Å². The van der Waals surface area contributed by atoms with Gasteiger partial charge in [-0.25, -0.2) is 0 Å². The fraction of sp³-hybridized carbons (Fsp3) is 0.125. The fourth-order valence-corrected chi connectivity index (χ4v) is 3.24.